The highest BCUT2D eigenvalue weighted by Gasteiger charge is 2.33. The first-order chi connectivity index (χ1) is 15.1. The van der Waals surface area contributed by atoms with E-state index in [9.17, 15) is 4.79 Å². The minimum atomic E-state index is -0.0241. The van der Waals surface area contributed by atoms with E-state index in [2.05, 4.69) is 12.1 Å². The van der Waals surface area contributed by atoms with Crippen molar-refractivity contribution in [2.45, 2.75) is 19.8 Å². The molecule has 0 saturated carbocycles. The van der Waals surface area contributed by atoms with Gasteiger partial charge in [-0.25, -0.2) is 4.98 Å². The van der Waals surface area contributed by atoms with Crippen LogP contribution in [0.2, 0.25) is 0 Å². The molecular weight excluding hydrogens is 430 g/mol. The van der Waals surface area contributed by atoms with Crippen molar-refractivity contribution < 1.29 is 19.0 Å². The largest absolute Gasteiger partial charge is 0.493 e. The number of ether oxygens (including phenoxy) is 3. The Bertz CT molecular complexity index is 1230. The maximum atomic E-state index is 12.4. The second-order valence-electron chi connectivity index (χ2n) is 7.83. The summed E-state index contributed by atoms with van der Waals surface area (Å²) >= 11 is 0. The third-order valence-electron chi connectivity index (χ3n) is 6.13. The number of fused-ring (bicyclic) bond motifs is 4. The Morgan fingerprint density at radius 1 is 1.19 bits per heavy atom. The molecule has 1 aromatic heterocycles. The average molecular weight is 456 g/mol. The molecule has 2 N–H and O–H groups in total. The number of benzene rings is 2. The monoisotopic (exact) mass is 455 g/mol. The standard InChI is InChI=1S/C24H25N3O4.ClH/c1-13(28)27-8-6-17-18-11-14-10-15(31-9-7-25)4-5-16(14)22(18)26-19-12-20(29-2)24(30-3)23(27)21(17)19;/h4-5,10,12H,6-9,11,25H2,1-3H3;1H. The van der Waals surface area contributed by atoms with Crippen molar-refractivity contribution in [3.05, 3.63) is 41.0 Å². The molecule has 1 amide bonds. The summed E-state index contributed by atoms with van der Waals surface area (Å²) in [6, 6.07) is 8.03. The lowest BCUT2D eigenvalue weighted by Crippen LogP contribution is -2.34. The zero-order valence-electron chi connectivity index (χ0n) is 18.4. The van der Waals surface area contributed by atoms with Gasteiger partial charge in [0.15, 0.2) is 11.5 Å². The summed E-state index contributed by atoms with van der Waals surface area (Å²) in [4.78, 5) is 19.2. The fraction of sp³-hybridized carbons (Fsp3) is 0.333. The number of hydrogen-bond donors (Lipinski definition) is 1. The minimum Gasteiger partial charge on any atom is -0.493 e. The van der Waals surface area contributed by atoms with Crippen LogP contribution in [0.1, 0.15) is 23.6 Å². The lowest BCUT2D eigenvalue weighted by atomic mass is 9.92. The van der Waals surface area contributed by atoms with Crippen molar-refractivity contribution >= 4 is 34.9 Å². The van der Waals surface area contributed by atoms with Crippen molar-refractivity contribution in [2.24, 2.45) is 5.73 Å². The first-order valence-corrected chi connectivity index (χ1v) is 10.4. The zero-order valence-corrected chi connectivity index (χ0v) is 19.2. The second kappa shape index (κ2) is 8.48. The van der Waals surface area contributed by atoms with E-state index in [1.54, 1.807) is 26.0 Å². The molecule has 168 valence electrons. The quantitative estimate of drug-likeness (QED) is 0.495. The molecule has 2 aliphatic rings. The van der Waals surface area contributed by atoms with Gasteiger partial charge in [-0.15, -0.1) is 12.4 Å². The number of carbonyl (C=O) groups excluding carboxylic acids is 1. The first-order valence-electron chi connectivity index (χ1n) is 10.4. The molecule has 2 heterocycles. The van der Waals surface area contributed by atoms with E-state index in [1.165, 1.54) is 16.7 Å². The van der Waals surface area contributed by atoms with Gasteiger partial charge < -0.3 is 24.8 Å². The Morgan fingerprint density at radius 3 is 2.69 bits per heavy atom. The summed E-state index contributed by atoms with van der Waals surface area (Å²) < 4.78 is 17.0. The molecule has 8 heteroatoms. The Labute approximate surface area is 192 Å². The van der Waals surface area contributed by atoms with Crippen LogP contribution in [0.4, 0.5) is 5.69 Å². The van der Waals surface area contributed by atoms with Gasteiger partial charge in [0.05, 0.1) is 31.1 Å². The van der Waals surface area contributed by atoms with Crippen LogP contribution in [-0.4, -0.2) is 44.8 Å². The van der Waals surface area contributed by atoms with Crippen LogP contribution >= 0.6 is 12.4 Å². The summed E-state index contributed by atoms with van der Waals surface area (Å²) in [7, 11) is 3.20. The van der Waals surface area contributed by atoms with Gasteiger partial charge in [-0.3, -0.25) is 4.79 Å². The van der Waals surface area contributed by atoms with Gasteiger partial charge in [0.1, 0.15) is 12.4 Å². The van der Waals surface area contributed by atoms with E-state index in [-0.39, 0.29) is 18.3 Å². The lowest BCUT2D eigenvalue weighted by Gasteiger charge is -2.31. The molecule has 0 unspecified atom stereocenters. The molecule has 0 spiro atoms. The Kier molecular flexibility index (Phi) is 5.88. The van der Waals surface area contributed by atoms with Crippen LogP contribution in [0, 0.1) is 0 Å². The minimum absolute atomic E-state index is 0. The number of nitrogens with two attached hydrogens (primary N) is 1. The number of carbonyl (C=O) groups is 1. The van der Waals surface area contributed by atoms with Crippen LogP contribution in [0.3, 0.4) is 0 Å². The number of hydrogen-bond acceptors (Lipinski definition) is 6. The SMILES string of the molecule is COc1cc2nc3c(c4c2c(c1OC)N(C(C)=O)CC4)Cc1cc(OCCN)ccc1-3.Cl. The number of aromatic nitrogens is 1. The van der Waals surface area contributed by atoms with Gasteiger partial charge in [-0.05, 0) is 41.3 Å². The third kappa shape index (κ3) is 3.24. The number of halogens is 1. The number of anilines is 1. The number of amides is 1. The number of rotatable bonds is 5. The molecular formula is C24H26ClN3O4. The number of pyridine rings is 1. The maximum absolute atomic E-state index is 12.4. The van der Waals surface area contributed by atoms with Crippen LogP contribution < -0.4 is 24.8 Å². The first kappa shape index (κ1) is 22.2. The Morgan fingerprint density at radius 2 is 2.00 bits per heavy atom. The summed E-state index contributed by atoms with van der Waals surface area (Å²) in [5, 5.41) is 0.977. The van der Waals surface area contributed by atoms with Crippen LogP contribution in [-0.2, 0) is 17.6 Å². The highest BCUT2D eigenvalue weighted by Crippen LogP contribution is 2.50. The summed E-state index contributed by atoms with van der Waals surface area (Å²) in [5.74, 6) is 1.94. The molecule has 0 fully saturated rings. The Balaban J connectivity index is 0.00000245. The topological polar surface area (TPSA) is 86.9 Å². The molecule has 1 aliphatic heterocycles. The zero-order chi connectivity index (χ0) is 21.7. The molecule has 5 rings (SSSR count). The molecule has 0 atom stereocenters. The van der Waals surface area contributed by atoms with Crippen LogP contribution in [0.15, 0.2) is 24.3 Å². The summed E-state index contributed by atoms with van der Waals surface area (Å²) in [6.45, 7) is 3.14. The van der Waals surface area contributed by atoms with E-state index in [0.717, 1.165) is 46.4 Å². The van der Waals surface area contributed by atoms with Gasteiger partial charge in [-0.2, -0.15) is 0 Å². The maximum Gasteiger partial charge on any atom is 0.223 e. The smallest absolute Gasteiger partial charge is 0.223 e. The molecule has 1 aliphatic carbocycles. The number of methoxy groups -OCH3 is 2. The predicted octanol–water partition coefficient (Wildman–Crippen LogP) is 3.49. The number of nitrogens with zero attached hydrogens (tertiary/aromatic N) is 2. The van der Waals surface area contributed by atoms with E-state index in [4.69, 9.17) is 24.9 Å². The van der Waals surface area contributed by atoms with Gasteiger partial charge >= 0.3 is 0 Å². The molecule has 0 radical (unpaired) electrons. The van der Waals surface area contributed by atoms with Crippen molar-refractivity contribution in [1.82, 2.24) is 4.98 Å². The van der Waals surface area contributed by atoms with Crippen molar-refractivity contribution in [1.29, 1.82) is 0 Å². The van der Waals surface area contributed by atoms with E-state index in [0.29, 0.717) is 31.2 Å². The van der Waals surface area contributed by atoms with Crippen LogP contribution in [0.25, 0.3) is 22.2 Å². The molecule has 2 aromatic carbocycles. The van der Waals surface area contributed by atoms with Crippen molar-refractivity contribution in [3.8, 4) is 28.5 Å². The molecule has 0 bridgehead atoms. The highest BCUT2D eigenvalue weighted by atomic mass is 35.5. The summed E-state index contributed by atoms with van der Waals surface area (Å²) in [5.41, 5.74) is 12.9. The van der Waals surface area contributed by atoms with E-state index >= 15 is 0 Å². The lowest BCUT2D eigenvalue weighted by molar-refractivity contribution is -0.116. The molecule has 0 saturated heterocycles. The summed E-state index contributed by atoms with van der Waals surface area (Å²) in [6.07, 6.45) is 1.56. The van der Waals surface area contributed by atoms with Gasteiger partial charge in [0.25, 0.3) is 0 Å². The van der Waals surface area contributed by atoms with Crippen molar-refractivity contribution in [2.75, 3.05) is 38.8 Å². The van der Waals surface area contributed by atoms with Crippen molar-refractivity contribution in [3.63, 3.8) is 0 Å². The normalized spacial score (nSPS) is 13.3. The van der Waals surface area contributed by atoms with Crippen LogP contribution in [0.5, 0.6) is 17.2 Å². The molecule has 32 heavy (non-hydrogen) atoms. The second-order valence-corrected chi connectivity index (χ2v) is 7.83. The fourth-order valence-electron chi connectivity index (χ4n) is 4.83. The van der Waals surface area contributed by atoms with Gasteiger partial charge in [-0.1, -0.05) is 0 Å². The molecule has 3 aromatic rings. The third-order valence-corrected chi connectivity index (χ3v) is 6.13. The van der Waals surface area contributed by atoms with E-state index < -0.39 is 0 Å². The van der Waals surface area contributed by atoms with Gasteiger partial charge in [0, 0.05) is 43.5 Å². The highest BCUT2D eigenvalue weighted by molar-refractivity contribution is 6.09. The van der Waals surface area contributed by atoms with E-state index in [1.807, 2.05) is 12.1 Å². The van der Waals surface area contributed by atoms with Gasteiger partial charge in [0.2, 0.25) is 5.91 Å². The average Bonchev–Trinajstić information content (AvgIpc) is 3.15. The fourth-order valence-corrected chi connectivity index (χ4v) is 4.83. The Hall–Kier alpha value is -3.03. The molecule has 7 nitrogen and oxygen atoms in total. The predicted molar refractivity (Wildman–Crippen MR) is 127 cm³/mol.